The predicted molar refractivity (Wildman–Crippen MR) is 101 cm³/mol. The van der Waals surface area contributed by atoms with Crippen molar-refractivity contribution in [1.29, 1.82) is 0 Å². The Morgan fingerprint density at radius 2 is 2.19 bits per heavy atom. The monoisotopic (exact) mass is 387 g/mol. The van der Waals surface area contributed by atoms with E-state index in [0.717, 1.165) is 15.2 Å². The number of carbonyl (C=O) groups is 1. The SMILES string of the molecule is O=C(CSc1ncnc2c1sc1cccc(F)c12)NCCc1ccco1. The fraction of sp³-hybridized carbons (Fsp3) is 0.167. The molecule has 0 atom stereocenters. The van der Waals surface area contributed by atoms with Gasteiger partial charge in [-0.1, -0.05) is 17.8 Å². The topological polar surface area (TPSA) is 68.0 Å². The van der Waals surface area contributed by atoms with Gasteiger partial charge < -0.3 is 9.73 Å². The molecular formula is C18H14FN3O2S2. The van der Waals surface area contributed by atoms with Gasteiger partial charge in [-0.05, 0) is 24.3 Å². The van der Waals surface area contributed by atoms with E-state index in [1.165, 1.54) is 35.5 Å². The second-order valence-electron chi connectivity index (χ2n) is 5.54. The van der Waals surface area contributed by atoms with Crippen molar-refractivity contribution in [3.05, 3.63) is 54.5 Å². The van der Waals surface area contributed by atoms with Crippen molar-refractivity contribution in [2.24, 2.45) is 0 Å². The van der Waals surface area contributed by atoms with Crippen LogP contribution in [0.4, 0.5) is 4.39 Å². The number of hydrogen-bond donors (Lipinski definition) is 1. The van der Waals surface area contributed by atoms with Crippen molar-refractivity contribution in [2.45, 2.75) is 11.4 Å². The third-order valence-corrected chi connectivity index (χ3v) is 6.08. The number of hydrogen-bond acceptors (Lipinski definition) is 6. The van der Waals surface area contributed by atoms with Gasteiger partial charge in [0.05, 0.1) is 27.6 Å². The molecule has 4 rings (SSSR count). The highest BCUT2D eigenvalue weighted by Gasteiger charge is 2.15. The Kier molecular flexibility index (Phi) is 4.85. The summed E-state index contributed by atoms with van der Waals surface area (Å²) in [5, 5.41) is 4.06. The standard InChI is InChI=1S/C18H14FN3O2S2/c19-12-4-1-5-13-15(12)16-17(26-13)18(22-10-21-16)25-9-14(23)20-7-6-11-3-2-8-24-11/h1-5,8,10H,6-7,9H2,(H,20,23). The first-order chi connectivity index (χ1) is 12.7. The summed E-state index contributed by atoms with van der Waals surface area (Å²) >= 11 is 2.77. The summed E-state index contributed by atoms with van der Waals surface area (Å²) in [6.07, 6.45) is 3.68. The van der Waals surface area contributed by atoms with Crippen LogP contribution >= 0.6 is 23.1 Å². The van der Waals surface area contributed by atoms with Gasteiger partial charge in [0.2, 0.25) is 5.91 Å². The Morgan fingerprint density at radius 1 is 1.27 bits per heavy atom. The lowest BCUT2D eigenvalue weighted by Crippen LogP contribution is -2.27. The maximum Gasteiger partial charge on any atom is 0.230 e. The van der Waals surface area contributed by atoms with Gasteiger partial charge in [0.1, 0.15) is 22.9 Å². The van der Waals surface area contributed by atoms with E-state index in [9.17, 15) is 9.18 Å². The van der Waals surface area contributed by atoms with Crippen LogP contribution in [0.2, 0.25) is 0 Å². The second-order valence-corrected chi connectivity index (χ2v) is 7.56. The Bertz CT molecular complexity index is 1060. The summed E-state index contributed by atoms with van der Waals surface area (Å²) in [6.45, 7) is 0.514. The molecule has 1 N–H and O–H groups in total. The molecular weight excluding hydrogens is 373 g/mol. The van der Waals surface area contributed by atoms with Crippen LogP contribution in [0.5, 0.6) is 0 Å². The Labute approximate surface area is 156 Å². The highest BCUT2D eigenvalue weighted by Crippen LogP contribution is 2.38. The molecule has 1 aromatic carbocycles. The van der Waals surface area contributed by atoms with Crippen LogP contribution in [0, 0.1) is 5.82 Å². The summed E-state index contributed by atoms with van der Waals surface area (Å²) in [5.74, 6) is 0.698. The summed E-state index contributed by atoms with van der Waals surface area (Å²) in [7, 11) is 0. The minimum Gasteiger partial charge on any atom is -0.469 e. The maximum absolute atomic E-state index is 14.1. The smallest absolute Gasteiger partial charge is 0.230 e. The molecule has 3 aromatic heterocycles. The van der Waals surface area contributed by atoms with E-state index in [1.807, 2.05) is 18.2 Å². The number of thioether (sulfide) groups is 1. The molecule has 0 saturated heterocycles. The van der Waals surface area contributed by atoms with Gasteiger partial charge >= 0.3 is 0 Å². The molecule has 5 nitrogen and oxygen atoms in total. The summed E-state index contributed by atoms with van der Waals surface area (Å²) < 4.78 is 21.0. The number of amides is 1. The van der Waals surface area contributed by atoms with E-state index in [1.54, 1.807) is 12.3 Å². The number of thiophene rings is 1. The lowest BCUT2D eigenvalue weighted by molar-refractivity contribution is -0.118. The van der Waals surface area contributed by atoms with E-state index in [4.69, 9.17) is 4.42 Å². The molecule has 0 bridgehead atoms. The number of benzene rings is 1. The Balaban J connectivity index is 1.44. The largest absolute Gasteiger partial charge is 0.469 e. The van der Waals surface area contributed by atoms with Crippen molar-refractivity contribution in [2.75, 3.05) is 12.3 Å². The lowest BCUT2D eigenvalue weighted by Gasteiger charge is -2.04. The third kappa shape index (κ3) is 3.42. The van der Waals surface area contributed by atoms with Gasteiger partial charge in [0.15, 0.2) is 0 Å². The van der Waals surface area contributed by atoms with Crippen molar-refractivity contribution >= 4 is 49.3 Å². The summed E-state index contributed by atoms with van der Waals surface area (Å²) in [4.78, 5) is 20.5. The third-order valence-electron chi connectivity index (χ3n) is 3.81. The molecule has 132 valence electrons. The number of nitrogens with zero attached hydrogens (tertiary/aromatic N) is 2. The average Bonchev–Trinajstić information content (AvgIpc) is 3.28. The highest BCUT2D eigenvalue weighted by atomic mass is 32.2. The van der Waals surface area contributed by atoms with Gasteiger partial charge in [-0.3, -0.25) is 4.79 Å². The van der Waals surface area contributed by atoms with E-state index in [-0.39, 0.29) is 17.5 Å². The van der Waals surface area contributed by atoms with Crippen LogP contribution in [0.25, 0.3) is 20.3 Å². The number of halogens is 1. The average molecular weight is 387 g/mol. The van der Waals surface area contributed by atoms with Gasteiger partial charge in [-0.15, -0.1) is 11.3 Å². The lowest BCUT2D eigenvalue weighted by atomic mass is 10.2. The molecule has 0 aliphatic carbocycles. The number of nitrogens with one attached hydrogen (secondary N) is 1. The second kappa shape index (κ2) is 7.43. The zero-order valence-electron chi connectivity index (χ0n) is 13.6. The number of fused-ring (bicyclic) bond motifs is 3. The van der Waals surface area contributed by atoms with Crippen molar-refractivity contribution in [3.63, 3.8) is 0 Å². The van der Waals surface area contributed by atoms with Crippen molar-refractivity contribution in [3.8, 4) is 0 Å². The van der Waals surface area contributed by atoms with Crippen LogP contribution in [0.1, 0.15) is 5.76 Å². The minimum absolute atomic E-state index is 0.0828. The number of aromatic nitrogens is 2. The zero-order valence-corrected chi connectivity index (χ0v) is 15.2. The Hall–Kier alpha value is -2.45. The predicted octanol–water partition coefficient (Wildman–Crippen LogP) is 4.03. The highest BCUT2D eigenvalue weighted by molar-refractivity contribution is 8.00. The molecule has 3 heterocycles. The van der Waals surface area contributed by atoms with Gasteiger partial charge in [-0.25, -0.2) is 14.4 Å². The molecule has 4 aromatic rings. The van der Waals surface area contributed by atoms with Crippen LogP contribution in [-0.2, 0) is 11.2 Å². The van der Waals surface area contributed by atoms with E-state index >= 15 is 0 Å². The molecule has 26 heavy (non-hydrogen) atoms. The van der Waals surface area contributed by atoms with Crippen LogP contribution < -0.4 is 5.32 Å². The van der Waals surface area contributed by atoms with Crippen LogP contribution in [-0.4, -0.2) is 28.2 Å². The molecule has 0 radical (unpaired) electrons. The summed E-state index contributed by atoms with van der Waals surface area (Å²) in [5.41, 5.74) is 0.596. The van der Waals surface area contributed by atoms with E-state index in [0.29, 0.717) is 28.9 Å². The fourth-order valence-electron chi connectivity index (χ4n) is 2.62. The quantitative estimate of drug-likeness (QED) is 0.400. The molecule has 0 unspecified atom stereocenters. The van der Waals surface area contributed by atoms with Gasteiger partial charge in [0, 0.05) is 17.7 Å². The molecule has 1 amide bonds. The number of furan rings is 1. The van der Waals surface area contributed by atoms with Gasteiger partial charge in [-0.2, -0.15) is 0 Å². The number of carbonyl (C=O) groups excluding carboxylic acids is 1. The minimum atomic E-state index is -0.293. The van der Waals surface area contributed by atoms with Crippen LogP contribution in [0.3, 0.4) is 0 Å². The van der Waals surface area contributed by atoms with Gasteiger partial charge in [0.25, 0.3) is 0 Å². The fourth-order valence-corrected chi connectivity index (χ4v) is 4.70. The first-order valence-corrected chi connectivity index (χ1v) is 9.76. The van der Waals surface area contributed by atoms with Crippen LogP contribution in [0.15, 0.2) is 52.4 Å². The van der Waals surface area contributed by atoms with E-state index in [2.05, 4.69) is 15.3 Å². The molecule has 0 saturated carbocycles. The van der Waals surface area contributed by atoms with Crippen molar-refractivity contribution in [1.82, 2.24) is 15.3 Å². The Morgan fingerprint density at radius 3 is 3.04 bits per heavy atom. The molecule has 8 heteroatoms. The first kappa shape index (κ1) is 17.0. The first-order valence-electron chi connectivity index (χ1n) is 7.96. The zero-order chi connectivity index (χ0) is 17.9. The molecule has 0 fully saturated rings. The number of rotatable bonds is 6. The van der Waals surface area contributed by atoms with Crippen molar-refractivity contribution < 1.29 is 13.6 Å². The molecule has 0 aliphatic heterocycles. The van der Waals surface area contributed by atoms with E-state index < -0.39 is 0 Å². The molecule has 0 aliphatic rings. The normalized spacial score (nSPS) is 11.3. The summed E-state index contributed by atoms with van der Waals surface area (Å²) in [6, 6.07) is 8.66. The maximum atomic E-state index is 14.1. The molecule has 0 spiro atoms.